The maximum absolute atomic E-state index is 9.43. The summed E-state index contributed by atoms with van der Waals surface area (Å²) >= 11 is 0. The van der Waals surface area contributed by atoms with Gasteiger partial charge < -0.3 is 0 Å². The molecule has 0 aromatic heterocycles. The SMILES string of the molecule is CC1C2C(CCCC2(C)C)CCC1(C)C#N. The Balaban J connectivity index is 2.30. The minimum Gasteiger partial charge on any atom is -0.198 e. The minimum atomic E-state index is -0.0736. The lowest BCUT2D eigenvalue weighted by Gasteiger charge is -2.54. The van der Waals surface area contributed by atoms with Crippen molar-refractivity contribution < 1.29 is 0 Å². The molecule has 0 N–H and O–H groups in total. The molecule has 2 rings (SSSR count). The Morgan fingerprint density at radius 2 is 1.81 bits per heavy atom. The fraction of sp³-hybridized carbons (Fsp3) is 0.933. The molecular formula is C15H25N. The van der Waals surface area contributed by atoms with Crippen LogP contribution in [0.15, 0.2) is 0 Å². The Morgan fingerprint density at radius 1 is 1.12 bits per heavy atom. The molecule has 4 atom stereocenters. The highest BCUT2D eigenvalue weighted by atomic mass is 14.6. The van der Waals surface area contributed by atoms with Crippen LogP contribution in [0.25, 0.3) is 0 Å². The number of nitriles is 1. The number of hydrogen-bond acceptors (Lipinski definition) is 1. The first-order chi connectivity index (χ1) is 7.41. The molecule has 90 valence electrons. The van der Waals surface area contributed by atoms with Crippen molar-refractivity contribution in [2.75, 3.05) is 0 Å². The minimum absolute atomic E-state index is 0.0736. The monoisotopic (exact) mass is 219 g/mol. The van der Waals surface area contributed by atoms with E-state index >= 15 is 0 Å². The van der Waals surface area contributed by atoms with Crippen molar-refractivity contribution in [1.82, 2.24) is 0 Å². The summed E-state index contributed by atoms with van der Waals surface area (Å²) in [4.78, 5) is 0. The Bertz CT molecular complexity index is 312. The molecule has 0 spiro atoms. The third-order valence-corrected chi connectivity index (χ3v) is 5.64. The van der Waals surface area contributed by atoms with Gasteiger partial charge in [0.1, 0.15) is 0 Å². The van der Waals surface area contributed by atoms with Crippen molar-refractivity contribution in [1.29, 1.82) is 5.26 Å². The van der Waals surface area contributed by atoms with Crippen LogP contribution in [-0.4, -0.2) is 0 Å². The normalized spacial score (nSPS) is 46.8. The summed E-state index contributed by atoms with van der Waals surface area (Å²) in [6.45, 7) is 9.35. The molecule has 2 saturated carbocycles. The number of fused-ring (bicyclic) bond motifs is 1. The first-order valence-corrected chi connectivity index (χ1v) is 6.82. The third kappa shape index (κ3) is 1.67. The van der Waals surface area contributed by atoms with Crippen molar-refractivity contribution in [3.63, 3.8) is 0 Å². The molecule has 1 heteroatoms. The van der Waals surface area contributed by atoms with Crippen LogP contribution in [0.4, 0.5) is 0 Å². The Hall–Kier alpha value is -0.510. The zero-order valence-electron chi connectivity index (χ0n) is 11.2. The molecule has 0 aromatic carbocycles. The first kappa shape index (κ1) is 12.0. The summed E-state index contributed by atoms with van der Waals surface area (Å²) in [5, 5.41) is 9.43. The summed E-state index contributed by atoms with van der Waals surface area (Å²) in [5.74, 6) is 2.21. The van der Waals surface area contributed by atoms with Gasteiger partial charge in [-0.05, 0) is 49.4 Å². The van der Waals surface area contributed by atoms with Gasteiger partial charge in [0.25, 0.3) is 0 Å². The van der Waals surface area contributed by atoms with Crippen LogP contribution in [0.1, 0.15) is 59.8 Å². The fourth-order valence-electron chi connectivity index (χ4n) is 4.48. The molecule has 2 fully saturated rings. The molecule has 0 bridgehead atoms. The Morgan fingerprint density at radius 3 is 2.44 bits per heavy atom. The van der Waals surface area contributed by atoms with Gasteiger partial charge in [0.2, 0.25) is 0 Å². The summed E-state index contributed by atoms with van der Waals surface area (Å²) < 4.78 is 0. The first-order valence-electron chi connectivity index (χ1n) is 6.82. The quantitative estimate of drug-likeness (QED) is 0.593. The van der Waals surface area contributed by atoms with Crippen LogP contribution in [0.3, 0.4) is 0 Å². The van der Waals surface area contributed by atoms with E-state index in [4.69, 9.17) is 0 Å². The van der Waals surface area contributed by atoms with Crippen molar-refractivity contribution in [2.24, 2.45) is 28.6 Å². The standard InChI is InChI=1S/C15H25N/c1-11-13-12(6-5-8-14(13,2)3)7-9-15(11,4)10-16/h11-13H,5-9H2,1-4H3. The van der Waals surface area contributed by atoms with E-state index in [9.17, 15) is 5.26 Å². The van der Waals surface area contributed by atoms with Crippen LogP contribution < -0.4 is 0 Å². The third-order valence-electron chi connectivity index (χ3n) is 5.64. The molecule has 4 unspecified atom stereocenters. The summed E-state index contributed by atoms with van der Waals surface area (Å²) in [5.41, 5.74) is 0.372. The molecule has 2 aliphatic rings. The van der Waals surface area contributed by atoms with E-state index in [1.54, 1.807) is 0 Å². The predicted octanol–water partition coefficient (Wildman–Crippen LogP) is 4.39. The molecule has 2 aliphatic carbocycles. The summed E-state index contributed by atoms with van der Waals surface area (Å²) in [6, 6.07) is 2.60. The molecule has 1 nitrogen and oxygen atoms in total. The average Bonchev–Trinajstić information content (AvgIpc) is 2.23. The van der Waals surface area contributed by atoms with Gasteiger partial charge >= 0.3 is 0 Å². The van der Waals surface area contributed by atoms with Gasteiger partial charge in [-0.15, -0.1) is 0 Å². The van der Waals surface area contributed by atoms with Crippen molar-refractivity contribution in [3.8, 4) is 6.07 Å². The zero-order valence-corrected chi connectivity index (χ0v) is 11.2. The van der Waals surface area contributed by atoms with Gasteiger partial charge in [-0.1, -0.05) is 33.6 Å². The molecule has 0 aliphatic heterocycles. The lowest BCUT2D eigenvalue weighted by atomic mass is 9.50. The molecule has 0 aromatic rings. The van der Waals surface area contributed by atoms with E-state index in [-0.39, 0.29) is 5.41 Å². The molecule has 0 radical (unpaired) electrons. The van der Waals surface area contributed by atoms with Gasteiger partial charge in [0.15, 0.2) is 0 Å². The highest BCUT2D eigenvalue weighted by molar-refractivity contribution is 5.08. The van der Waals surface area contributed by atoms with Crippen LogP contribution >= 0.6 is 0 Å². The average molecular weight is 219 g/mol. The molecule has 0 amide bonds. The Labute approximate surface area is 100 Å². The van der Waals surface area contributed by atoms with E-state index in [2.05, 4.69) is 33.8 Å². The molecule has 0 saturated heterocycles. The van der Waals surface area contributed by atoms with Crippen molar-refractivity contribution in [2.45, 2.75) is 59.8 Å². The molecule has 0 heterocycles. The second-order valence-corrected chi connectivity index (χ2v) is 7.02. The maximum Gasteiger partial charge on any atom is 0.0689 e. The topological polar surface area (TPSA) is 23.8 Å². The lowest BCUT2D eigenvalue weighted by molar-refractivity contribution is -0.0454. The smallest absolute Gasteiger partial charge is 0.0689 e. The van der Waals surface area contributed by atoms with Crippen LogP contribution in [-0.2, 0) is 0 Å². The van der Waals surface area contributed by atoms with E-state index in [0.29, 0.717) is 11.3 Å². The highest BCUT2D eigenvalue weighted by Gasteiger charge is 2.51. The predicted molar refractivity (Wildman–Crippen MR) is 66.7 cm³/mol. The van der Waals surface area contributed by atoms with Crippen LogP contribution in [0.5, 0.6) is 0 Å². The van der Waals surface area contributed by atoms with Gasteiger partial charge in [0, 0.05) is 0 Å². The summed E-state index contributed by atoms with van der Waals surface area (Å²) in [7, 11) is 0. The van der Waals surface area contributed by atoms with Crippen molar-refractivity contribution >= 4 is 0 Å². The maximum atomic E-state index is 9.43. The van der Waals surface area contributed by atoms with E-state index < -0.39 is 0 Å². The van der Waals surface area contributed by atoms with Crippen LogP contribution in [0.2, 0.25) is 0 Å². The Kier molecular flexibility index (Phi) is 2.81. The molecular weight excluding hydrogens is 194 g/mol. The fourth-order valence-corrected chi connectivity index (χ4v) is 4.48. The second-order valence-electron chi connectivity index (χ2n) is 7.02. The largest absolute Gasteiger partial charge is 0.198 e. The highest BCUT2D eigenvalue weighted by Crippen LogP contribution is 2.57. The second kappa shape index (κ2) is 3.76. The van der Waals surface area contributed by atoms with E-state index in [0.717, 1.165) is 18.3 Å². The van der Waals surface area contributed by atoms with Gasteiger partial charge in [-0.25, -0.2) is 0 Å². The number of nitrogens with zero attached hydrogens (tertiary/aromatic N) is 1. The number of hydrogen-bond donors (Lipinski definition) is 0. The van der Waals surface area contributed by atoms with Gasteiger partial charge in [-0.2, -0.15) is 5.26 Å². The van der Waals surface area contributed by atoms with Gasteiger partial charge in [0.05, 0.1) is 11.5 Å². The molecule has 16 heavy (non-hydrogen) atoms. The lowest BCUT2D eigenvalue weighted by Crippen LogP contribution is -2.48. The van der Waals surface area contributed by atoms with E-state index in [1.807, 2.05) is 0 Å². The van der Waals surface area contributed by atoms with Crippen LogP contribution in [0, 0.1) is 39.9 Å². The zero-order chi connectivity index (χ0) is 12.0. The summed E-state index contributed by atoms with van der Waals surface area (Å²) in [6.07, 6.45) is 6.54. The number of rotatable bonds is 0. The van der Waals surface area contributed by atoms with E-state index in [1.165, 1.54) is 25.7 Å². The van der Waals surface area contributed by atoms with Gasteiger partial charge in [-0.3, -0.25) is 0 Å². The van der Waals surface area contributed by atoms with Crippen molar-refractivity contribution in [3.05, 3.63) is 0 Å².